The van der Waals surface area contributed by atoms with Crippen LogP contribution in [0.4, 0.5) is 5.69 Å². The lowest BCUT2D eigenvalue weighted by Crippen LogP contribution is -2.34. The highest BCUT2D eigenvalue weighted by Gasteiger charge is 2.12. The van der Waals surface area contributed by atoms with Crippen LogP contribution in [0.2, 0.25) is 0 Å². The van der Waals surface area contributed by atoms with E-state index in [-0.39, 0.29) is 12.5 Å². The Morgan fingerprint density at radius 3 is 2.53 bits per heavy atom. The minimum atomic E-state index is -0.0243. The van der Waals surface area contributed by atoms with Gasteiger partial charge in [-0.05, 0) is 24.1 Å². The molecular weight excluding hydrogens is 216 g/mol. The van der Waals surface area contributed by atoms with Crippen molar-refractivity contribution >= 4 is 17.9 Å². The van der Waals surface area contributed by atoms with E-state index in [0.29, 0.717) is 18.7 Å². The molecule has 0 saturated carbocycles. The first-order chi connectivity index (χ1) is 8.17. The first kappa shape index (κ1) is 13.2. The molecule has 0 saturated heterocycles. The number of nitrogens with zero attached hydrogens (tertiary/aromatic N) is 1. The minimum Gasteiger partial charge on any atom is -0.399 e. The molecule has 0 heterocycles. The summed E-state index contributed by atoms with van der Waals surface area (Å²) in [4.78, 5) is 24.0. The maximum Gasteiger partial charge on any atom is 0.227 e. The molecule has 2 N–H and O–H groups in total. The summed E-state index contributed by atoms with van der Waals surface area (Å²) in [6, 6.07) is 7.20. The molecule has 0 aromatic heterocycles. The van der Waals surface area contributed by atoms with Gasteiger partial charge in [-0.1, -0.05) is 19.1 Å². The zero-order valence-corrected chi connectivity index (χ0v) is 10.1. The zero-order valence-electron chi connectivity index (χ0n) is 10.1. The van der Waals surface area contributed by atoms with Gasteiger partial charge in [-0.15, -0.1) is 0 Å². The van der Waals surface area contributed by atoms with Crippen LogP contribution in [0, 0.1) is 0 Å². The number of carbonyl (C=O) groups excluding carboxylic acids is 2. The number of nitrogen functional groups attached to an aromatic ring is 1. The van der Waals surface area contributed by atoms with Crippen LogP contribution in [0.5, 0.6) is 0 Å². The molecule has 0 aliphatic carbocycles. The summed E-state index contributed by atoms with van der Waals surface area (Å²) in [6.07, 6.45) is 1.92. The Morgan fingerprint density at radius 1 is 1.35 bits per heavy atom. The first-order valence-corrected chi connectivity index (χ1v) is 5.73. The third kappa shape index (κ3) is 4.26. The zero-order chi connectivity index (χ0) is 12.7. The lowest BCUT2D eigenvalue weighted by Gasteiger charge is -2.19. The molecular formula is C13H18N2O2. The highest BCUT2D eigenvalue weighted by Crippen LogP contribution is 2.07. The molecule has 0 spiro atoms. The van der Waals surface area contributed by atoms with Crippen LogP contribution in [0.15, 0.2) is 24.3 Å². The molecule has 4 heteroatoms. The SMILES string of the molecule is CCCN(CC=O)C(=O)Cc1ccc(N)cc1. The van der Waals surface area contributed by atoms with Crippen molar-refractivity contribution in [3.63, 3.8) is 0 Å². The van der Waals surface area contributed by atoms with Crippen LogP contribution >= 0.6 is 0 Å². The molecule has 0 atom stereocenters. The van der Waals surface area contributed by atoms with Crippen molar-refractivity contribution in [2.45, 2.75) is 19.8 Å². The number of carbonyl (C=O) groups is 2. The van der Waals surface area contributed by atoms with Gasteiger partial charge in [-0.2, -0.15) is 0 Å². The van der Waals surface area contributed by atoms with Gasteiger partial charge < -0.3 is 15.4 Å². The van der Waals surface area contributed by atoms with Crippen LogP contribution in [-0.2, 0) is 16.0 Å². The van der Waals surface area contributed by atoms with Gasteiger partial charge in [-0.25, -0.2) is 0 Å². The molecule has 0 bridgehead atoms. The molecule has 0 aliphatic rings. The second kappa shape index (κ2) is 6.68. The monoisotopic (exact) mass is 234 g/mol. The van der Waals surface area contributed by atoms with E-state index in [1.54, 1.807) is 17.0 Å². The Balaban J connectivity index is 2.62. The highest BCUT2D eigenvalue weighted by molar-refractivity contribution is 5.80. The van der Waals surface area contributed by atoms with E-state index >= 15 is 0 Å². The molecule has 1 amide bonds. The summed E-state index contributed by atoms with van der Waals surface area (Å²) >= 11 is 0. The summed E-state index contributed by atoms with van der Waals surface area (Å²) in [5, 5.41) is 0. The van der Waals surface area contributed by atoms with Crippen molar-refractivity contribution in [3.05, 3.63) is 29.8 Å². The van der Waals surface area contributed by atoms with E-state index in [0.717, 1.165) is 18.3 Å². The van der Waals surface area contributed by atoms with Crippen molar-refractivity contribution < 1.29 is 9.59 Å². The number of hydrogen-bond acceptors (Lipinski definition) is 3. The number of rotatable bonds is 6. The van der Waals surface area contributed by atoms with Crippen LogP contribution in [-0.4, -0.2) is 30.2 Å². The minimum absolute atomic E-state index is 0.0243. The molecule has 1 aromatic rings. The fraction of sp³-hybridized carbons (Fsp3) is 0.385. The van der Waals surface area contributed by atoms with E-state index in [1.165, 1.54) is 0 Å². The number of anilines is 1. The maximum absolute atomic E-state index is 11.9. The lowest BCUT2D eigenvalue weighted by atomic mass is 10.1. The first-order valence-electron chi connectivity index (χ1n) is 5.73. The van der Waals surface area contributed by atoms with Crippen LogP contribution in [0.3, 0.4) is 0 Å². The van der Waals surface area contributed by atoms with E-state index in [4.69, 9.17) is 5.73 Å². The third-order valence-electron chi connectivity index (χ3n) is 2.48. The molecule has 1 rings (SSSR count). The normalized spacial score (nSPS) is 9.94. The maximum atomic E-state index is 11.9. The van der Waals surface area contributed by atoms with Crippen LogP contribution in [0.25, 0.3) is 0 Å². The Bertz CT molecular complexity index is 374. The smallest absolute Gasteiger partial charge is 0.227 e. The summed E-state index contributed by atoms with van der Waals surface area (Å²) in [5.74, 6) is -0.0243. The molecule has 1 aromatic carbocycles. The van der Waals surface area contributed by atoms with Gasteiger partial charge in [0, 0.05) is 12.2 Å². The molecule has 0 unspecified atom stereocenters. The predicted molar refractivity (Wildman–Crippen MR) is 67.5 cm³/mol. The molecule has 4 nitrogen and oxygen atoms in total. The number of hydrogen-bond donors (Lipinski definition) is 1. The predicted octanol–water partition coefficient (Wildman–Crippen LogP) is 1.25. The van der Waals surface area contributed by atoms with Gasteiger partial charge in [0.2, 0.25) is 5.91 Å². The van der Waals surface area contributed by atoms with E-state index in [1.807, 2.05) is 19.1 Å². The quantitative estimate of drug-likeness (QED) is 0.595. The van der Waals surface area contributed by atoms with E-state index < -0.39 is 0 Å². The second-order valence-electron chi connectivity index (χ2n) is 3.92. The fourth-order valence-electron chi connectivity index (χ4n) is 1.60. The Kier molecular flexibility index (Phi) is 5.20. The second-order valence-corrected chi connectivity index (χ2v) is 3.92. The van der Waals surface area contributed by atoms with Gasteiger partial charge in [0.1, 0.15) is 6.29 Å². The molecule has 0 aliphatic heterocycles. The molecule has 0 radical (unpaired) electrons. The number of nitrogens with two attached hydrogens (primary N) is 1. The lowest BCUT2D eigenvalue weighted by molar-refractivity contribution is -0.132. The van der Waals surface area contributed by atoms with Crippen molar-refractivity contribution in [3.8, 4) is 0 Å². The van der Waals surface area contributed by atoms with E-state index in [2.05, 4.69) is 0 Å². The van der Waals surface area contributed by atoms with Gasteiger partial charge in [-0.3, -0.25) is 4.79 Å². The largest absolute Gasteiger partial charge is 0.399 e. The van der Waals surface area contributed by atoms with Gasteiger partial charge in [0.05, 0.1) is 13.0 Å². The highest BCUT2D eigenvalue weighted by atomic mass is 16.2. The third-order valence-corrected chi connectivity index (χ3v) is 2.48. The summed E-state index contributed by atoms with van der Waals surface area (Å²) < 4.78 is 0. The van der Waals surface area contributed by atoms with Gasteiger partial charge in [0.25, 0.3) is 0 Å². The summed E-state index contributed by atoms with van der Waals surface area (Å²) in [5.41, 5.74) is 7.16. The summed E-state index contributed by atoms with van der Waals surface area (Å²) in [7, 11) is 0. The van der Waals surface area contributed by atoms with Crippen molar-refractivity contribution in [1.82, 2.24) is 4.90 Å². The van der Waals surface area contributed by atoms with Crippen LogP contribution in [0.1, 0.15) is 18.9 Å². The van der Waals surface area contributed by atoms with Crippen molar-refractivity contribution in [2.24, 2.45) is 0 Å². The topological polar surface area (TPSA) is 63.4 Å². The standard InChI is InChI=1S/C13H18N2O2/c1-2-7-15(8-9-16)13(17)10-11-3-5-12(14)6-4-11/h3-6,9H,2,7-8,10,14H2,1H3. The fourth-order valence-corrected chi connectivity index (χ4v) is 1.60. The van der Waals surface area contributed by atoms with Crippen molar-refractivity contribution in [1.29, 1.82) is 0 Å². The van der Waals surface area contributed by atoms with E-state index in [9.17, 15) is 9.59 Å². The number of aldehydes is 1. The number of benzene rings is 1. The Labute approximate surface area is 101 Å². The summed E-state index contributed by atoms with van der Waals surface area (Å²) in [6.45, 7) is 2.77. The van der Waals surface area contributed by atoms with Gasteiger partial charge in [0.15, 0.2) is 0 Å². The van der Waals surface area contributed by atoms with Gasteiger partial charge >= 0.3 is 0 Å². The Hall–Kier alpha value is -1.84. The average molecular weight is 234 g/mol. The number of amides is 1. The molecule has 92 valence electrons. The van der Waals surface area contributed by atoms with Crippen LogP contribution < -0.4 is 5.73 Å². The van der Waals surface area contributed by atoms with Crippen molar-refractivity contribution in [2.75, 3.05) is 18.8 Å². The molecule has 17 heavy (non-hydrogen) atoms. The average Bonchev–Trinajstić information content (AvgIpc) is 2.32. The molecule has 0 fully saturated rings. The Morgan fingerprint density at radius 2 is 2.00 bits per heavy atom.